The van der Waals surface area contributed by atoms with Gasteiger partial charge in [-0.25, -0.2) is 4.39 Å². The molecule has 1 fully saturated rings. The maximum Gasteiger partial charge on any atom is 0.142 e. The summed E-state index contributed by atoms with van der Waals surface area (Å²) in [5.74, 6) is 0.985. The van der Waals surface area contributed by atoms with E-state index in [1.54, 1.807) is 0 Å². The average molecular weight is 250 g/mol. The highest BCUT2D eigenvalue weighted by atomic mass is 19.1. The van der Waals surface area contributed by atoms with Crippen LogP contribution in [0.15, 0.2) is 24.3 Å². The predicted octanol–water partition coefficient (Wildman–Crippen LogP) is 1.93. The van der Waals surface area contributed by atoms with Crippen molar-refractivity contribution in [3.8, 4) is 5.75 Å². The van der Waals surface area contributed by atoms with Gasteiger partial charge in [0, 0.05) is 38.6 Å². The Hall–Kier alpha value is -1.29. The number of nitrogens with zero attached hydrogens (tertiary/aromatic N) is 2. The molecule has 2 aliphatic rings. The van der Waals surface area contributed by atoms with Crippen molar-refractivity contribution in [1.82, 2.24) is 4.90 Å². The van der Waals surface area contributed by atoms with Gasteiger partial charge in [0.2, 0.25) is 0 Å². The van der Waals surface area contributed by atoms with Gasteiger partial charge in [0.1, 0.15) is 12.4 Å². The van der Waals surface area contributed by atoms with Gasteiger partial charge in [-0.15, -0.1) is 0 Å². The monoisotopic (exact) mass is 250 g/mol. The molecule has 4 heteroatoms. The number of hydrogen-bond donors (Lipinski definition) is 0. The fourth-order valence-electron chi connectivity index (χ4n) is 2.93. The molecule has 3 rings (SSSR count). The van der Waals surface area contributed by atoms with Crippen LogP contribution in [-0.2, 0) is 0 Å². The summed E-state index contributed by atoms with van der Waals surface area (Å²) in [4.78, 5) is 4.65. The molecule has 1 aromatic carbocycles. The molecule has 2 aliphatic heterocycles. The van der Waals surface area contributed by atoms with Gasteiger partial charge < -0.3 is 9.64 Å². The summed E-state index contributed by atoms with van der Waals surface area (Å²) in [7, 11) is 0. The van der Waals surface area contributed by atoms with Crippen molar-refractivity contribution in [3.63, 3.8) is 0 Å². The Morgan fingerprint density at radius 3 is 3.06 bits per heavy atom. The third-order valence-corrected chi connectivity index (χ3v) is 3.85. The molecule has 0 N–H and O–H groups in total. The van der Waals surface area contributed by atoms with E-state index < -0.39 is 0 Å². The summed E-state index contributed by atoms with van der Waals surface area (Å²) in [6.45, 7) is 3.91. The Kier molecular flexibility index (Phi) is 3.37. The van der Waals surface area contributed by atoms with E-state index in [0.717, 1.165) is 38.4 Å². The molecule has 0 saturated carbocycles. The predicted molar refractivity (Wildman–Crippen MR) is 70.1 cm³/mol. The maximum absolute atomic E-state index is 12.4. The molecule has 1 aromatic rings. The van der Waals surface area contributed by atoms with Crippen LogP contribution in [-0.4, -0.2) is 50.4 Å². The van der Waals surface area contributed by atoms with Crippen LogP contribution in [0.1, 0.15) is 6.42 Å². The molecule has 2 heterocycles. The first-order chi connectivity index (χ1) is 8.88. The quantitative estimate of drug-likeness (QED) is 0.797. The number of benzene rings is 1. The number of fused-ring (bicyclic) bond motifs is 3. The topological polar surface area (TPSA) is 15.7 Å². The van der Waals surface area contributed by atoms with E-state index in [2.05, 4.69) is 21.9 Å². The molecule has 3 nitrogen and oxygen atoms in total. The number of alkyl halides is 1. The summed E-state index contributed by atoms with van der Waals surface area (Å²) in [5, 5.41) is 0. The molecule has 98 valence electrons. The second-order valence-electron chi connectivity index (χ2n) is 4.94. The van der Waals surface area contributed by atoms with Crippen LogP contribution in [0, 0.1) is 0 Å². The Morgan fingerprint density at radius 2 is 2.17 bits per heavy atom. The largest absolute Gasteiger partial charge is 0.491 e. The SMILES string of the molecule is FCCN1CCN2c3ccccc3OCC[C@H]2C1. The molecular weight excluding hydrogens is 231 g/mol. The third kappa shape index (κ3) is 2.17. The van der Waals surface area contributed by atoms with Crippen molar-refractivity contribution in [2.24, 2.45) is 0 Å². The highest BCUT2D eigenvalue weighted by Crippen LogP contribution is 2.34. The lowest BCUT2D eigenvalue weighted by atomic mass is 10.1. The lowest BCUT2D eigenvalue weighted by Crippen LogP contribution is -2.53. The van der Waals surface area contributed by atoms with Crippen LogP contribution < -0.4 is 9.64 Å². The first kappa shape index (κ1) is 11.8. The lowest BCUT2D eigenvalue weighted by Gasteiger charge is -2.41. The van der Waals surface area contributed by atoms with Crippen LogP contribution in [0.4, 0.5) is 10.1 Å². The van der Waals surface area contributed by atoms with Gasteiger partial charge in [-0.2, -0.15) is 0 Å². The highest BCUT2D eigenvalue weighted by Gasteiger charge is 2.30. The van der Waals surface area contributed by atoms with E-state index in [9.17, 15) is 4.39 Å². The van der Waals surface area contributed by atoms with E-state index in [1.807, 2.05) is 12.1 Å². The molecule has 0 aromatic heterocycles. The second kappa shape index (κ2) is 5.14. The minimum atomic E-state index is -0.250. The fourth-order valence-corrected chi connectivity index (χ4v) is 2.93. The number of rotatable bonds is 2. The van der Waals surface area contributed by atoms with Crippen molar-refractivity contribution in [1.29, 1.82) is 0 Å². The van der Waals surface area contributed by atoms with Crippen LogP contribution in [0.2, 0.25) is 0 Å². The van der Waals surface area contributed by atoms with E-state index in [-0.39, 0.29) is 6.67 Å². The van der Waals surface area contributed by atoms with Gasteiger partial charge in [-0.05, 0) is 12.1 Å². The molecule has 0 unspecified atom stereocenters. The van der Waals surface area contributed by atoms with Gasteiger partial charge in [0.15, 0.2) is 0 Å². The average Bonchev–Trinajstić information content (AvgIpc) is 2.58. The molecule has 1 saturated heterocycles. The van der Waals surface area contributed by atoms with Crippen molar-refractivity contribution < 1.29 is 9.13 Å². The number of anilines is 1. The van der Waals surface area contributed by atoms with Gasteiger partial charge in [-0.1, -0.05) is 12.1 Å². The minimum absolute atomic E-state index is 0.250. The zero-order valence-corrected chi connectivity index (χ0v) is 10.5. The van der Waals surface area contributed by atoms with Crippen molar-refractivity contribution >= 4 is 5.69 Å². The highest BCUT2D eigenvalue weighted by molar-refractivity contribution is 5.60. The molecule has 0 spiro atoms. The van der Waals surface area contributed by atoms with Gasteiger partial charge in [0.25, 0.3) is 0 Å². The molecular formula is C14H19FN2O. The van der Waals surface area contributed by atoms with Crippen LogP contribution in [0.25, 0.3) is 0 Å². The summed E-state index contributed by atoms with van der Waals surface area (Å²) in [6, 6.07) is 8.68. The summed E-state index contributed by atoms with van der Waals surface area (Å²) in [5.41, 5.74) is 1.19. The van der Waals surface area contributed by atoms with Gasteiger partial charge >= 0.3 is 0 Å². The summed E-state index contributed by atoms with van der Waals surface area (Å²) < 4.78 is 18.2. The molecule has 0 amide bonds. The van der Waals surface area contributed by atoms with Crippen LogP contribution in [0.5, 0.6) is 5.75 Å². The second-order valence-corrected chi connectivity index (χ2v) is 4.94. The maximum atomic E-state index is 12.4. The van der Waals surface area contributed by atoms with E-state index >= 15 is 0 Å². The van der Waals surface area contributed by atoms with Gasteiger partial charge in [0.05, 0.1) is 12.3 Å². The number of halogens is 1. The Bertz CT molecular complexity index is 413. The third-order valence-electron chi connectivity index (χ3n) is 3.85. The van der Waals surface area contributed by atoms with Crippen molar-refractivity contribution in [2.75, 3.05) is 44.4 Å². The molecule has 1 atom stereocenters. The standard InChI is InChI=1S/C14H19FN2O/c15-6-7-16-8-9-17-12(11-16)5-10-18-14-4-2-1-3-13(14)17/h1-4,12H,5-11H2/t12-/m0/s1. The number of hydrogen-bond acceptors (Lipinski definition) is 3. The minimum Gasteiger partial charge on any atom is -0.491 e. The number of ether oxygens (including phenoxy) is 1. The van der Waals surface area contributed by atoms with Crippen molar-refractivity contribution in [2.45, 2.75) is 12.5 Å². The molecule has 0 aliphatic carbocycles. The molecule has 0 bridgehead atoms. The van der Waals surface area contributed by atoms with E-state index in [1.165, 1.54) is 5.69 Å². The Balaban J connectivity index is 1.81. The first-order valence-electron chi connectivity index (χ1n) is 6.65. The van der Waals surface area contributed by atoms with Gasteiger partial charge in [-0.3, -0.25) is 4.90 Å². The fraction of sp³-hybridized carbons (Fsp3) is 0.571. The first-order valence-corrected chi connectivity index (χ1v) is 6.65. The summed E-state index contributed by atoms with van der Waals surface area (Å²) in [6.07, 6.45) is 1.01. The Labute approximate surface area is 107 Å². The zero-order chi connectivity index (χ0) is 12.4. The molecule has 18 heavy (non-hydrogen) atoms. The Morgan fingerprint density at radius 1 is 1.28 bits per heavy atom. The smallest absolute Gasteiger partial charge is 0.142 e. The van der Waals surface area contributed by atoms with Crippen molar-refractivity contribution in [3.05, 3.63) is 24.3 Å². The van der Waals surface area contributed by atoms with Crippen LogP contribution >= 0.6 is 0 Å². The normalized spacial score (nSPS) is 23.8. The summed E-state index contributed by atoms with van der Waals surface area (Å²) >= 11 is 0. The number of para-hydroxylation sites is 2. The van der Waals surface area contributed by atoms with E-state index in [4.69, 9.17) is 4.74 Å². The van der Waals surface area contributed by atoms with Crippen LogP contribution in [0.3, 0.4) is 0 Å². The van der Waals surface area contributed by atoms with E-state index in [0.29, 0.717) is 12.6 Å². The zero-order valence-electron chi connectivity index (χ0n) is 10.5. The lowest BCUT2D eigenvalue weighted by molar-refractivity contribution is 0.195. The molecule has 0 radical (unpaired) electrons. The number of piperazine rings is 1.